The first kappa shape index (κ1) is 34.2. The highest BCUT2D eigenvalue weighted by molar-refractivity contribution is 6.05. The number of piperidine rings is 1. The first-order chi connectivity index (χ1) is 26.8. The van der Waals surface area contributed by atoms with E-state index in [1.165, 1.54) is 11.0 Å². The van der Waals surface area contributed by atoms with Gasteiger partial charge in [-0.1, -0.05) is 30.2 Å². The van der Waals surface area contributed by atoms with Crippen molar-refractivity contribution in [3.8, 4) is 23.2 Å². The maximum Gasteiger partial charge on any atom is 0.298 e. The lowest BCUT2D eigenvalue weighted by molar-refractivity contribution is -0.137. The van der Waals surface area contributed by atoms with Crippen molar-refractivity contribution in [2.75, 3.05) is 42.5 Å². The van der Waals surface area contributed by atoms with Crippen LogP contribution in [0.1, 0.15) is 58.8 Å². The number of hydrogen-bond acceptors (Lipinski definition) is 9. The van der Waals surface area contributed by atoms with E-state index in [1.54, 1.807) is 41.4 Å². The van der Waals surface area contributed by atoms with E-state index in [0.29, 0.717) is 49.4 Å². The number of imidazole rings is 1. The molecule has 2 aromatic carbocycles. The van der Waals surface area contributed by atoms with Crippen molar-refractivity contribution in [3.05, 3.63) is 107 Å². The second-order valence-corrected chi connectivity index (χ2v) is 14.2. The van der Waals surface area contributed by atoms with Crippen LogP contribution in [-0.2, 0) is 20.9 Å². The quantitative estimate of drug-likeness (QED) is 0.212. The zero-order valence-electron chi connectivity index (χ0n) is 29.8. The van der Waals surface area contributed by atoms with Crippen LogP contribution in [0.15, 0.2) is 79.0 Å². The van der Waals surface area contributed by atoms with Crippen molar-refractivity contribution in [3.63, 3.8) is 0 Å². The number of hydrogen-bond donors (Lipinski definition) is 1. The molecule has 3 fully saturated rings. The molecule has 14 heteroatoms. The minimum absolute atomic E-state index is 0.0373. The molecular weight excluding hydrogens is 702 g/mol. The molecule has 0 bridgehead atoms. The summed E-state index contributed by atoms with van der Waals surface area (Å²) in [6, 6.07) is 21.1. The molecule has 0 saturated carbocycles. The Kier molecular flexibility index (Phi) is 8.69. The van der Waals surface area contributed by atoms with Crippen molar-refractivity contribution in [2.24, 2.45) is 0 Å². The van der Waals surface area contributed by atoms with Gasteiger partial charge in [-0.05, 0) is 78.9 Å². The van der Waals surface area contributed by atoms with Crippen molar-refractivity contribution >= 4 is 40.9 Å². The lowest BCUT2D eigenvalue weighted by atomic mass is 10.0. The largest absolute Gasteiger partial charge is 0.353 e. The number of piperazine rings is 1. The zero-order valence-corrected chi connectivity index (χ0v) is 29.8. The van der Waals surface area contributed by atoms with Gasteiger partial charge in [0.05, 0.1) is 17.9 Å². The number of anilines is 2. The molecule has 13 nitrogen and oxygen atoms in total. The van der Waals surface area contributed by atoms with Gasteiger partial charge in [0, 0.05) is 62.7 Å². The maximum absolute atomic E-state index is 14.1. The summed E-state index contributed by atoms with van der Waals surface area (Å²) in [5, 5.41) is 7.30. The molecule has 0 aliphatic carbocycles. The summed E-state index contributed by atoms with van der Waals surface area (Å²) in [4.78, 5) is 67.4. The van der Waals surface area contributed by atoms with E-state index < -0.39 is 11.9 Å². The summed E-state index contributed by atoms with van der Waals surface area (Å²) in [6.45, 7) is 3.17. The van der Waals surface area contributed by atoms with Crippen LogP contribution in [0.5, 0.6) is 0 Å². The third kappa shape index (κ3) is 6.51. The maximum atomic E-state index is 14.1. The molecule has 3 aromatic heterocycles. The smallest absolute Gasteiger partial charge is 0.298 e. The van der Waals surface area contributed by atoms with Gasteiger partial charge in [0.25, 0.3) is 11.8 Å². The molecule has 4 amide bonds. The molecule has 3 saturated heterocycles. The standard InChI is InChI=1S/C41H36FN9O4/c42-29-5-1-4-27(23-29)32-7-3-17-49(32)37-14-13-35-43-24-34(51(35)46-37)31-6-2-8-36(44-31)47-18-20-48(21-19-47)39(53)16-10-26-9-11-28-25-50(41(55)30(28)22-26)33-12-15-38(52)45-40(33)54/h1-2,4-6,8-9,11,13-14,22-24,32-33H,3,7,12,15,17-21,25H2,(H,45,52,54)/t32-,33?/m1/s1. The highest BCUT2D eigenvalue weighted by atomic mass is 19.1. The SMILES string of the molecule is O=C1CCC(N2Cc3ccc(C#CC(=O)N4CCN(c5cccc(-c6cnc7ccc(N8CCC[C@@H]8c8cccc(F)c8)nn67)n5)CC4)cc3C2=O)C(=O)N1. The molecule has 7 heterocycles. The van der Waals surface area contributed by atoms with Crippen LogP contribution in [0, 0.1) is 17.7 Å². The Bertz CT molecular complexity index is 2450. The van der Waals surface area contributed by atoms with E-state index in [9.17, 15) is 23.6 Å². The second-order valence-electron chi connectivity index (χ2n) is 14.2. The average Bonchev–Trinajstić information content (AvgIpc) is 3.95. The molecule has 0 radical (unpaired) electrons. The van der Waals surface area contributed by atoms with Gasteiger partial charge in [-0.25, -0.2) is 18.9 Å². The number of aromatic nitrogens is 4. The molecule has 1 N–H and O–H groups in total. The average molecular weight is 738 g/mol. The summed E-state index contributed by atoms with van der Waals surface area (Å²) < 4.78 is 15.9. The Balaban J connectivity index is 0.853. The molecule has 4 aliphatic rings. The fourth-order valence-electron chi connectivity index (χ4n) is 8.01. The number of imide groups is 1. The Morgan fingerprint density at radius 2 is 1.71 bits per heavy atom. The van der Waals surface area contributed by atoms with E-state index in [1.807, 2.05) is 40.9 Å². The van der Waals surface area contributed by atoms with Crippen molar-refractivity contribution < 1.29 is 23.6 Å². The molecule has 9 rings (SSSR count). The zero-order chi connectivity index (χ0) is 37.6. The Hall–Kier alpha value is -6.62. The van der Waals surface area contributed by atoms with Crippen molar-refractivity contribution in [2.45, 2.75) is 44.3 Å². The second kappa shape index (κ2) is 14.0. The third-order valence-corrected chi connectivity index (χ3v) is 10.9. The van der Waals surface area contributed by atoms with Gasteiger partial charge in [-0.15, -0.1) is 5.10 Å². The fourth-order valence-corrected chi connectivity index (χ4v) is 8.01. The Labute approximate surface area is 315 Å². The van der Waals surface area contributed by atoms with Gasteiger partial charge in [0.1, 0.15) is 29.2 Å². The summed E-state index contributed by atoms with van der Waals surface area (Å²) in [7, 11) is 0. The minimum atomic E-state index is -0.690. The van der Waals surface area contributed by atoms with Gasteiger partial charge in [0.2, 0.25) is 11.8 Å². The van der Waals surface area contributed by atoms with Crippen LogP contribution in [0.3, 0.4) is 0 Å². The lowest BCUT2D eigenvalue weighted by Gasteiger charge is -2.34. The summed E-state index contributed by atoms with van der Waals surface area (Å²) in [6.07, 6.45) is 4.15. The lowest BCUT2D eigenvalue weighted by Crippen LogP contribution is -2.52. The monoisotopic (exact) mass is 737 g/mol. The van der Waals surface area contributed by atoms with Gasteiger partial charge < -0.3 is 19.6 Å². The number of carbonyl (C=O) groups is 4. The minimum Gasteiger partial charge on any atom is -0.353 e. The van der Waals surface area contributed by atoms with Crippen LogP contribution in [0.2, 0.25) is 0 Å². The van der Waals surface area contributed by atoms with Crippen molar-refractivity contribution in [1.29, 1.82) is 0 Å². The van der Waals surface area contributed by atoms with E-state index in [2.05, 4.69) is 31.9 Å². The van der Waals surface area contributed by atoms with Crippen LogP contribution in [0.25, 0.3) is 17.0 Å². The number of halogens is 1. The number of benzene rings is 2. The third-order valence-electron chi connectivity index (χ3n) is 10.9. The van der Waals surface area contributed by atoms with Crippen LogP contribution in [0.4, 0.5) is 16.0 Å². The van der Waals surface area contributed by atoms with Crippen LogP contribution in [-0.4, -0.2) is 91.8 Å². The van der Waals surface area contributed by atoms with Gasteiger partial charge in [0.15, 0.2) is 5.65 Å². The topological polar surface area (TPSA) is 136 Å². The van der Waals surface area contributed by atoms with Gasteiger partial charge in [-0.3, -0.25) is 24.5 Å². The van der Waals surface area contributed by atoms with Gasteiger partial charge in [-0.2, -0.15) is 0 Å². The molecule has 55 heavy (non-hydrogen) atoms. The normalized spacial score (nSPS) is 19.8. The molecular formula is C41H36FN9O4. The highest BCUT2D eigenvalue weighted by Crippen LogP contribution is 2.36. The molecule has 5 aromatic rings. The summed E-state index contributed by atoms with van der Waals surface area (Å²) in [5.41, 5.74) is 4.87. The molecule has 4 aliphatic heterocycles. The van der Waals surface area contributed by atoms with Gasteiger partial charge >= 0.3 is 0 Å². The molecule has 2 atom stereocenters. The Morgan fingerprint density at radius 1 is 0.855 bits per heavy atom. The van der Waals surface area contributed by atoms with E-state index in [4.69, 9.17) is 10.1 Å². The first-order valence-electron chi connectivity index (χ1n) is 18.5. The number of rotatable bonds is 5. The predicted octanol–water partition coefficient (Wildman–Crippen LogP) is 3.73. The number of amides is 4. The first-order valence-corrected chi connectivity index (χ1v) is 18.5. The van der Waals surface area contributed by atoms with Crippen LogP contribution >= 0.6 is 0 Å². The number of nitrogens with zero attached hydrogens (tertiary/aromatic N) is 8. The highest BCUT2D eigenvalue weighted by Gasteiger charge is 2.39. The van der Waals surface area contributed by atoms with E-state index in [-0.39, 0.29) is 42.5 Å². The fraction of sp³-hybridized carbons (Fsp3) is 0.293. The molecule has 276 valence electrons. The molecule has 1 unspecified atom stereocenters. The van der Waals surface area contributed by atoms with E-state index in [0.717, 1.165) is 53.5 Å². The van der Waals surface area contributed by atoms with Crippen molar-refractivity contribution in [1.82, 2.24) is 34.7 Å². The number of pyridine rings is 1. The van der Waals surface area contributed by atoms with Crippen LogP contribution < -0.4 is 15.1 Å². The molecule has 0 spiro atoms. The summed E-state index contributed by atoms with van der Waals surface area (Å²) in [5.74, 6) is 5.61. The number of nitrogens with one attached hydrogen (secondary N) is 1. The van der Waals surface area contributed by atoms with E-state index >= 15 is 0 Å². The predicted molar refractivity (Wildman–Crippen MR) is 200 cm³/mol. The number of carbonyl (C=O) groups excluding carboxylic acids is 4. The Morgan fingerprint density at radius 3 is 2.55 bits per heavy atom. The number of fused-ring (bicyclic) bond motifs is 2. The summed E-state index contributed by atoms with van der Waals surface area (Å²) >= 11 is 0.